The molecule has 1 N–H and O–H groups in total. The van der Waals surface area contributed by atoms with Gasteiger partial charge in [0.15, 0.2) is 0 Å². The van der Waals surface area contributed by atoms with E-state index in [1.165, 1.54) is 0 Å². The minimum absolute atomic E-state index is 0.123. The summed E-state index contributed by atoms with van der Waals surface area (Å²) in [6.45, 7) is 9.10. The van der Waals surface area contributed by atoms with Crippen LogP contribution in [0.2, 0.25) is 0 Å². The lowest BCUT2D eigenvalue weighted by atomic mass is 10.1. The molecule has 0 unspecified atom stereocenters. The number of hydrogen-bond acceptors (Lipinski definition) is 2. The van der Waals surface area contributed by atoms with Gasteiger partial charge in [-0.1, -0.05) is 32.9 Å². The van der Waals surface area contributed by atoms with Crippen molar-refractivity contribution in [2.45, 2.75) is 40.2 Å². The monoisotopic (exact) mass is 266 g/mol. The maximum Gasteiger partial charge on any atom is 0.146 e. The van der Waals surface area contributed by atoms with E-state index in [-0.39, 0.29) is 5.82 Å². The van der Waals surface area contributed by atoms with Crippen LogP contribution in [0.1, 0.15) is 39.2 Å². The Balaban J connectivity index is 2.78. The molecule has 0 aliphatic heterocycles. The molecule has 0 amide bonds. The second-order valence-corrected chi connectivity index (χ2v) is 5.53. The first-order valence-electron chi connectivity index (χ1n) is 7.25. The third-order valence-corrected chi connectivity index (χ3v) is 3.24. The highest BCUT2D eigenvalue weighted by molar-refractivity contribution is 5.54. The Labute approximate surface area is 117 Å². The van der Waals surface area contributed by atoms with Crippen molar-refractivity contribution in [2.75, 3.05) is 25.0 Å². The smallest absolute Gasteiger partial charge is 0.146 e. The number of rotatable bonds is 8. The van der Waals surface area contributed by atoms with E-state index in [1.54, 1.807) is 12.1 Å². The number of anilines is 1. The second kappa shape index (κ2) is 8.16. The van der Waals surface area contributed by atoms with Crippen molar-refractivity contribution in [3.63, 3.8) is 0 Å². The molecule has 2 nitrogen and oxygen atoms in total. The second-order valence-electron chi connectivity index (χ2n) is 5.53. The summed E-state index contributed by atoms with van der Waals surface area (Å²) in [5, 5.41) is 3.35. The van der Waals surface area contributed by atoms with Crippen molar-refractivity contribution in [1.29, 1.82) is 0 Å². The molecule has 0 aromatic heterocycles. The first kappa shape index (κ1) is 16.0. The number of nitrogens with zero attached hydrogens (tertiary/aromatic N) is 1. The summed E-state index contributed by atoms with van der Waals surface area (Å²) < 4.78 is 14.1. The van der Waals surface area contributed by atoms with Crippen molar-refractivity contribution in [1.82, 2.24) is 5.32 Å². The number of para-hydroxylation sites is 1. The normalized spacial score (nSPS) is 11.1. The van der Waals surface area contributed by atoms with E-state index in [2.05, 4.69) is 26.1 Å². The zero-order valence-corrected chi connectivity index (χ0v) is 12.7. The maximum absolute atomic E-state index is 14.1. The molecule has 0 saturated heterocycles. The van der Waals surface area contributed by atoms with E-state index in [0.29, 0.717) is 5.92 Å². The molecule has 0 aliphatic rings. The molecule has 0 bridgehead atoms. The summed E-state index contributed by atoms with van der Waals surface area (Å²) in [7, 11) is 1.98. The van der Waals surface area contributed by atoms with Crippen LogP contribution in [0.4, 0.5) is 10.1 Å². The Bertz CT molecular complexity index is 377. The van der Waals surface area contributed by atoms with E-state index >= 15 is 0 Å². The molecule has 0 aliphatic carbocycles. The van der Waals surface area contributed by atoms with Crippen molar-refractivity contribution >= 4 is 5.69 Å². The van der Waals surface area contributed by atoms with Crippen LogP contribution < -0.4 is 10.2 Å². The maximum atomic E-state index is 14.1. The van der Waals surface area contributed by atoms with Crippen molar-refractivity contribution in [3.05, 3.63) is 29.6 Å². The van der Waals surface area contributed by atoms with Gasteiger partial charge in [0, 0.05) is 20.1 Å². The van der Waals surface area contributed by atoms with E-state index in [9.17, 15) is 4.39 Å². The topological polar surface area (TPSA) is 15.3 Å². The first-order chi connectivity index (χ1) is 9.06. The van der Waals surface area contributed by atoms with Gasteiger partial charge in [-0.15, -0.1) is 0 Å². The van der Waals surface area contributed by atoms with Crippen LogP contribution in [-0.4, -0.2) is 20.1 Å². The van der Waals surface area contributed by atoms with Gasteiger partial charge < -0.3 is 10.2 Å². The summed E-state index contributed by atoms with van der Waals surface area (Å²) >= 11 is 0. The van der Waals surface area contributed by atoms with Crippen LogP contribution in [0.5, 0.6) is 0 Å². The van der Waals surface area contributed by atoms with Gasteiger partial charge in [0.25, 0.3) is 0 Å². The molecule has 3 heteroatoms. The highest BCUT2D eigenvalue weighted by atomic mass is 19.1. The lowest BCUT2D eigenvalue weighted by molar-refractivity contribution is 0.571. The third kappa shape index (κ3) is 5.19. The largest absolute Gasteiger partial charge is 0.372 e. The summed E-state index contributed by atoms with van der Waals surface area (Å²) in [6, 6.07) is 5.34. The Morgan fingerprint density at radius 1 is 1.32 bits per heavy atom. The van der Waals surface area contributed by atoms with Gasteiger partial charge in [-0.3, -0.25) is 0 Å². The van der Waals surface area contributed by atoms with Gasteiger partial charge >= 0.3 is 0 Å². The molecule has 1 aromatic carbocycles. The van der Waals surface area contributed by atoms with Gasteiger partial charge in [-0.25, -0.2) is 4.39 Å². The lowest BCUT2D eigenvalue weighted by Gasteiger charge is -2.24. The van der Waals surface area contributed by atoms with Gasteiger partial charge in [0.2, 0.25) is 0 Å². The fraction of sp³-hybridized carbons (Fsp3) is 0.625. The number of benzene rings is 1. The molecule has 0 radical (unpaired) electrons. The van der Waals surface area contributed by atoms with Crippen molar-refractivity contribution in [2.24, 2.45) is 5.92 Å². The molecule has 0 spiro atoms. The third-order valence-electron chi connectivity index (χ3n) is 3.24. The van der Waals surface area contributed by atoms with Crippen LogP contribution in [-0.2, 0) is 6.54 Å². The van der Waals surface area contributed by atoms with Gasteiger partial charge in [0.05, 0.1) is 5.69 Å². The average Bonchev–Trinajstić information content (AvgIpc) is 2.36. The minimum Gasteiger partial charge on any atom is -0.372 e. The van der Waals surface area contributed by atoms with E-state index < -0.39 is 0 Å². The van der Waals surface area contributed by atoms with Crippen LogP contribution >= 0.6 is 0 Å². The highest BCUT2D eigenvalue weighted by Crippen LogP contribution is 2.24. The molecule has 19 heavy (non-hydrogen) atoms. The quantitative estimate of drug-likeness (QED) is 0.720. The highest BCUT2D eigenvalue weighted by Gasteiger charge is 2.12. The minimum atomic E-state index is -0.123. The van der Waals surface area contributed by atoms with Crippen LogP contribution in [0, 0.1) is 11.7 Å². The fourth-order valence-electron chi connectivity index (χ4n) is 2.09. The van der Waals surface area contributed by atoms with Crippen LogP contribution in [0.25, 0.3) is 0 Å². The molecule has 1 aromatic rings. The van der Waals surface area contributed by atoms with Gasteiger partial charge in [0.1, 0.15) is 5.82 Å². The molecule has 108 valence electrons. The summed E-state index contributed by atoms with van der Waals surface area (Å²) in [4.78, 5) is 2.04. The Hall–Kier alpha value is -1.09. The van der Waals surface area contributed by atoms with Gasteiger partial charge in [-0.2, -0.15) is 0 Å². The molecule has 0 saturated carbocycles. The SMILES string of the molecule is CCCNCc1cccc(F)c1N(C)CCC(C)C. The predicted octanol–water partition coefficient (Wildman–Crippen LogP) is 3.81. The summed E-state index contributed by atoms with van der Waals surface area (Å²) in [5.74, 6) is 0.512. The Kier molecular flexibility index (Phi) is 6.85. The molecular weight excluding hydrogens is 239 g/mol. The van der Waals surface area contributed by atoms with Crippen LogP contribution in [0.3, 0.4) is 0 Å². The van der Waals surface area contributed by atoms with E-state index in [0.717, 1.165) is 43.7 Å². The van der Waals surface area contributed by atoms with Crippen LogP contribution in [0.15, 0.2) is 18.2 Å². The van der Waals surface area contributed by atoms with Gasteiger partial charge in [-0.05, 0) is 36.9 Å². The summed E-state index contributed by atoms with van der Waals surface area (Å²) in [5.41, 5.74) is 1.78. The van der Waals surface area contributed by atoms with E-state index in [4.69, 9.17) is 0 Å². The predicted molar refractivity (Wildman–Crippen MR) is 81.1 cm³/mol. The standard InChI is InChI=1S/C16H27FN2/c1-5-10-18-12-14-7-6-8-15(17)16(14)19(4)11-9-13(2)3/h6-8,13,18H,5,9-12H2,1-4H3. The fourth-order valence-corrected chi connectivity index (χ4v) is 2.09. The molecule has 0 heterocycles. The van der Waals surface area contributed by atoms with E-state index in [1.807, 2.05) is 18.0 Å². The first-order valence-corrected chi connectivity index (χ1v) is 7.25. The molecular formula is C16H27FN2. The zero-order valence-electron chi connectivity index (χ0n) is 12.7. The van der Waals surface area contributed by atoms with Crippen molar-refractivity contribution < 1.29 is 4.39 Å². The number of nitrogens with one attached hydrogen (secondary N) is 1. The Morgan fingerprint density at radius 3 is 2.68 bits per heavy atom. The Morgan fingerprint density at radius 2 is 2.05 bits per heavy atom. The summed E-state index contributed by atoms with van der Waals surface area (Å²) in [6.07, 6.45) is 2.17. The molecule has 0 fully saturated rings. The number of halogens is 1. The lowest BCUT2D eigenvalue weighted by Crippen LogP contribution is -2.24. The molecule has 1 rings (SSSR count). The molecule has 0 atom stereocenters. The number of hydrogen-bond donors (Lipinski definition) is 1. The van der Waals surface area contributed by atoms with Crippen molar-refractivity contribution in [3.8, 4) is 0 Å². The average molecular weight is 266 g/mol. The zero-order chi connectivity index (χ0) is 14.3.